The van der Waals surface area contributed by atoms with Crippen LogP contribution in [0.1, 0.15) is 51.4 Å². The molecule has 0 fully saturated rings. The van der Waals surface area contributed by atoms with Gasteiger partial charge in [-0.2, -0.15) is 0 Å². The zero-order valence-corrected chi connectivity index (χ0v) is 32.8. The molecule has 0 aliphatic rings. The Hall–Kier alpha value is -7.44. The minimum absolute atomic E-state index is 0.381. The maximum absolute atomic E-state index is 4.99. The molecule has 0 aromatic heterocycles. The molecule has 0 radical (unpaired) electrons. The van der Waals surface area contributed by atoms with Crippen molar-refractivity contribution in [2.75, 3.05) is 6.54 Å². The number of allylic oxidation sites excluding steroid dienone is 2. The number of aliphatic imine (C=N–C) groups is 6. The molecule has 284 valence electrons. The lowest BCUT2D eigenvalue weighted by Gasteiger charge is -2.32. The van der Waals surface area contributed by atoms with E-state index in [0.717, 1.165) is 44.5 Å². The molecule has 6 aromatic rings. The van der Waals surface area contributed by atoms with Gasteiger partial charge in [0.15, 0.2) is 23.3 Å². The second-order valence-corrected chi connectivity index (χ2v) is 13.5. The highest BCUT2D eigenvalue weighted by Crippen LogP contribution is 2.39. The Morgan fingerprint density at radius 3 is 1.33 bits per heavy atom. The molecule has 58 heavy (non-hydrogen) atoms. The van der Waals surface area contributed by atoms with E-state index in [-0.39, 0.29) is 0 Å². The van der Waals surface area contributed by atoms with E-state index in [1.807, 2.05) is 103 Å². The Morgan fingerprint density at radius 1 is 0.483 bits per heavy atom. The van der Waals surface area contributed by atoms with Gasteiger partial charge in [-0.05, 0) is 48.2 Å². The highest BCUT2D eigenvalue weighted by atomic mass is 15.0. The van der Waals surface area contributed by atoms with Crippen molar-refractivity contribution in [1.82, 2.24) is 0 Å². The fourth-order valence-electron chi connectivity index (χ4n) is 6.56. The monoisotopic (exact) mass is 754 g/mol. The highest BCUT2D eigenvalue weighted by Gasteiger charge is 2.31. The third kappa shape index (κ3) is 9.86. The van der Waals surface area contributed by atoms with E-state index in [1.54, 1.807) is 12.2 Å². The van der Waals surface area contributed by atoms with Crippen LogP contribution in [0, 0.1) is 0 Å². The smallest absolute Gasteiger partial charge is 0.161 e. The minimum atomic E-state index is -0.484. The topological polar surface area (TPSA) is 74.2 Å². The molecular formula is C52H46N6. The third-order valence-electron chi connectivity index (χ3n) is 9.84. The molecule has 0 aliphatic carbocycles. The lowest BCUT2D eigenvalue weighted by atomic mass is 9.71. The van der Waals surface area contributed by atoms with Crippen molar-refractivity contribution in [2.45, 2.75) is 18.9 Å². The summed E-state index contributed by atoms with van der Waals surface area (Å²) in [6.45, 7) is 18.5. The number of benzene rings is 6. The van der Waals surface area contributed by atoms with Crippen molar-refractivity contribution in [3.63, 3.8) is 0 Å². The summed E-state index contributed by atoms with van der Waals surface area (Å²) >= 11 is 0. The largest absolute Gasteiger partial charge is 0.261 e. The maximum Gasteiger partial charge on any atom is 0.161 e. The van der Waals surface area contributed by atoms with Gasteiger partial charge in [0.1, 0.15) is 0 Å². The first-order chi connectivity index (χ1) is 28.5. The quantitative estimate of drug-likeness (QED) is 0.0487. The summed E-state index contributed by atoms with van der Waals surface area (Å²) in [7, 11) is 0. The van der Waals surface area contributed by atoms with E-state index in [0.29, 0.717) is 36.4 Å². The van der Waals surface area contributed by atoms with Gasteiger partial charge in [-0.15, -0.1) is 0 Å². The number of hydrogen-bond acceptors (Lipinski definition) is 2. The van der Waals surface area contributed by atoms with Crippen molar-refractivity contribution >= 4 is 36.8 Å². The van der Waals surface area contributed by atoms with E-state index in [2.05, 4.69) is 116 Å². The van der Waals surface area contributed by atoms with Gasteiger partial charge in [-0.3, -0.25) is 9.98 Å². The van der Waals surface area contributed by atoms with Crippen LogP contribution in [0.25, 0.3) is 0 Å². The Bertz CT molecular complexity index is 2480. The fourth-order valence-corrected chi connectivity index (χ4v) is 6.56. The zero-order chi connectivity index (χ0) is 40.6. The van der Waals surface area contributed by atoms with Crippen LogP contribution in [-0.4, -0.2) is 43.3 Å². The Morgan fingerprint density at radius 2 is 0.879 bits per heavy atom. The first kappa shape index (κ1) is 40.2. The molecule has 1 atom stereocenters. The van der Waals surface area contributed by atoms with Crippen molar-refractivity contribution in [2.24, 2.45) is 30.0 Å². The van der Waals surface area contributed by atoms with Gasteiger partial charge in [0.25, 0.3) is 0 Å². The number of nitrogens with zero attached hydrogens (tertiary/aromatic N) is 6. The van der Waals surface area contributed by atoms with Gasteiger partial charge in [-0.1, -0.05) is 201 Å². The lowest BCUT2D eigenvalue weighted by molar-refractivity contribution is 0.692. The van der Waals surface area contributed by atoms with Gasteiger partial charge in [0.2, 0.25) is 0 Å². The van der Waals surface area contributed by atoms with E-state index in [4.69, 9.17) is 20.0 Å². The van der Waals surface area contributed by atoms with Crippen LogP contribution in [-0.2, 0) is 12.0 Å². The summed E-state index contributed by atoms with van der Waals surface area (Å²) in [5.74, 6) is 2.15. The summed E-state index contributed by atoms with van der Waals surface area (Å²) in [4.78, 5) is 28.2. The molecule has 6 rings (SSSR count). The van der Waals surface area contributed by atoms with E-state index in [9.17, 15) is 0 Å². The molecular weight excluding hydrogens is 709 g/mol. The molecule has 0 saturated heterocycles. The molecule has 0 N–H and O–H groups in total. The minimum Gasteiger partial charge on any atom is -0.261 e. The highest BCUT2D eigenvalue weighted by molar-refractivity contribution is 6.13. The molecule has 6 aromatic carbocycles. The maximum atomic E-state index is 4.99. The van der Waals surface area contributed by atoms with Gasteiger partial charge >= 0.3 is 0 Å². The van der Waals surface area contributed by atoms with Gasteiger partial charge in [0.05, 0.1) is 13.1 Å². The second kappa shape index (κ2) is 19.9. The number of amidine groups is 4. The average molecular weight is 755 g/mol. The Kier molecular flexibility index (Phi) is 13.8. The first-order valence-electron chi connectivity index (χ1n) is 19.0. The van der Waals surface area contributed by atoms with E-state index in [1.165, 1.54) is 5.56 Å². The molecule has 6 nitrogen and oxygen atoms in total. The summed E-state index contributed by atoms with van der Waals surface area (Å²) in [5, 5.41) is 0. The molecule has 0 amide bonds. The van der Waals surface area contributed by atoms with Crippen molar-refractivity contribution < 1.29 is 0 Å². The summed E-state index contributed by atoms with van der Waals surface area (Å²) < 4.78 is 0. The number of rotatable bonds is 13. The lowest BCUT2D eigenvalue weighted by Crippen LogP contribution is -2.25. The molecule has 0 saturated carbocycles. The van der Waals surface area contributed by atoms with Gasteiger partial charge in [-0.25, -0.2) is 20.0 Å². The molecule has 1 unspecified atom stereocenters. The normalized spacial score (nSPS) is 13.6. The molecule has 0 aliphatic heterocycles. The Labute approximate surface area is 342 Å². The molecule has 0 bridgehead atoms. The number of hydrogen-bond donors (Lipinski definition) is 0. The van der Waals surface area contributed by atoms with Gasteiger partial charge in [0, 0.05) is 27.7 Å². The van der Waals surface area contributed by atoms with E-state index >= 15 is 0 Å². The average Bonchev–Trinajstić information content (AvgIpc) is 3.30. The Balaban J connectivity index is 1.35. The molecule has 0 heterocycles. The second-order valence-electron chi connectivity index (χ2n) is 13.5. The van der Waals surface area contributed by atoms with Crippen LogP contribution < -0.4 is 0 Å². The predicted octanol–water partition coefficient (Wildman–Crippen LogP) is 11.3. The summed E-state index contributed by atoms with van der Waals surface area (Å²) in [6, 6.07) is 57.3. The van der Waals surface area contributed by atoms with Crippen LogP contribution in [0.15, 0.2) is 237 Å². The van der Waals surface area contributed by atoms with Crippen LogP contribution in [0.5, 0.6) is 0 Å². The summed E-state index contributed by atoms with van der Waals surface area (Å²) in [5.41, 5.74) is 8.41. The van der Waals surface area contributed by atoms with Crippen molar-refractivity contribution in [3.05, 3.63) is 251 Å². The molecule has 0 spiro atoms. The van der Waals surface area contributed by atoms with E-state index < -0.39 is 5.41 Å². The van der Waals surface area contributed by atoms with Crippen LogP contribution in [0.4, 0.5) is 0 Å². The van der Waals surface area contributed by atoms with Crippen LogP contribution in [0.2, 0.25) is 0 Å². The first-order valence-corrected chi connectivity index (χ1v) is 19.0. The third-order valence-corrected chi connectivity index (χ3v) is 9.84. The zero-order valence-electron chi connectivity index (χ0n) is 32.8. The fraction of sp³-hybridized carbons (Fsp3) is 0.0769. The summed E-state index contributed by atoms with van der Waals surface area (Å²) in [6.07, 6.45) is 5.40. The van der Waals surface area contributed by atoms with Gasteiger partial charge < -0.3 is 0 Å². The van der Waals surface area contributed by atoms with Crippen LogP contribution >= 0.6 is 0 Å². The standard InChI is InChI=1S/C52H46N6/c1-6-20-39(7-2)37-55-51(58-49(54-5)42-23-14-9-15-24-42)44-31-35-47(36-32-44)52(3,45-27-18-11-19-28-45)46-33-29-40(30-34-46)38-56-50(43-25-16-10-17-26-43)57-48(53-4)41-21-12-8-13-22-41/h6-36H,1-2,4-5,37-38H2,3H3/b39-20+,55-51?,56-50?,57-48?,58-49?. The van der Waals surface area contributed by atoms with Crippen molar-refractivity contribution in [3.8, 4) is 0 Å². The SMILES string of the molecule is C=C/C=C(\C=C)CN=C(N=C(N=C)c1ccccc1)c1ccc(C(C)(c2ccccc2)c2ccc(CN=C(N=C(N=C)c3ccccc3)c3ccccc3)cc2)cc1. The van der Waals surface area contributed by atoms with Crippen LogP contribution in [0.3, 0.4) is 0 Å². The molecule has 6 heteroatoms. The predicted molar refractivity (Wildman–Crippen MR) is 247 cm³/mol. The van der Waals surface area contributed by atoms with Crippen molar-refractivity contribution in [1.29, 1.82) is 0 Å².